The van der Waals surface area contributed by atoms with Crippen LogP contribution in [0.15, 0.2) is 0 Å². The van der Waals surface area contributed by atoms with Crippen LogP contribution in [0.2, 0.25) is 0 Å². The van der Waals surface area contributed by atoms with E-state index in [1.165, 1.54) is 0 Å². The minimum absolute atomic E-state index is 0.0518. The summed E-state index contributed by atoms with van der Waals surface area (Å²) in [5.41, 5.74) is 3.52. The van der Waals surface area contributed by atoms with Gasteiger partial charge in [-0.2, -0.15) is 0 Å². The molecule has 3 rings (SSSR count). The lowest BCUT2D eigenvalue weighted by molar-refractivity contribution is -0.191. The maximum Gasteiger partial charge on any atom is 0.315 e. The van der Waals surface area contributed by atoms with Crippen molar-refractivity contribution in [1.82, 2.24) is 20.9 Å². The minimum Gasteiger partial charge on any atom is -0.366 e. The molecule has 6 atom stereocenters. The summed E-state index contributed by atoms with van der Waals surface area (Å²) in [6, 6.07) is -4.25. The Kier molecular flexibility index (Phi) is 12.0. The minimum atomic E-state index is -1.30. The van der Waals surface area contributed by atoms with E-state index in [0.717, 1.165) is 38.5 Å². The topological polar surface area (TPSA) is 180 Å². The van der Waals surface area contributed by atoms with E-state index in [-0.39, 0.29) is 23.7 Å². The van der Waals surface area contributed by atoms with Gasteiger partial charge in [-0.05, 0) is 75.0 Å². The van der Waals surface area contributed by atoms with Gasteiger partial charge in [0, 0.05) is 6.54 Å². The third-order valence-corrected chi connectivity index (χ3v) is 9.94. The summed E-state index contributed by atoms with van der Waals surface area (Å²) in [4.78, 5) is 68.2. The summed E-state index contributed by atoms with van der Waals surface area (Å²) < 4.78 is 5.79. The molecule has 262 valence electrons. The van der Waals surface area contributed by atoms with E-state index in [0.29, 0.717) is 19.4 Å². The Hall–Kier alpha value is -2.73. The summed E-state index contributed by atoms with van der Waals surface area (Å²) in [5, 5.41) is 19.6. The number of primary amides is 1. The molecule has 6 N–H and O–H groups in total. The van der Waals surface area contributed by atoms with Crippen LogP contribution in [0.5, 0.6) is 0 Å². The van der Waals surface area contributed by atoms with Crippen molar-refractivity contribution in [3.8, 4) is 0 Å². The molecule has 0 spiro atoms. The zero-order chi connectivity index (χ0) is 34.8. The standard InChI is InChI=1S/C34H59N5O7/c1-19(2)21-14-17-39(23(21)28(42)36-22(18-20-12-13-20)24(40)27(35)41)29(43)25(34(9)15-10-11-16-34)37-31(45)38-26(32(3,4)5)30(44)46-33(6,7)8/h19-23,25-26,30,44H,10-18H2,1-9H3,(H2,35,41)(H,36,42)(H2,37,38,45)/t21-,22?,23+,25-,26-,30?/m1/s1. The van der Waals surface area contributed by atoms with E-state index >= 15 is 0 Å². The largest absolute Gasteiger partial charge is 0.366 e. The van der Waals surface area contributed by atoms with Crippen LogP contribution in [-0.2, 0) is 23.9 Å². The van der Waals surface area contributed by atoms with Gasteiger partial charge in [-0.3, -0.25) is 19.2 Å². The highest BCUT2D eigenvalue weighted by Gasteiger charge is 2.50. The second-order valence-electron chi connectivity index (χ2n) is 16.5. The van der Waals surface area contributed by atoms with Crippen LogP contribution in [-0.4, -0.2) is 82.1 Å². The van der Waals surface area contributed by atoms with Crippen molar-refractivity contribution in [2.24, 2.45) is 34.3 Å². The molecule has 3 aliphatic rings. The van der Waals surface area contributed by atoms with Crippen molar-refractivity contribution < 1.29 is 33.8 Å². The van der Waals surface area contributed by atoms with E-state index in [2.05, 4.69) is 16.0 Å². The second kappa shape index (κ2) is 14.6. The van der Waals surface area contributed by atoms with Gasteiger partial charge in [-0.1, -0.05) is 67.2 Å². The highest BCUT2D eigenvalue weighted by Crippen LogP contribution is 2.43. The number of hydrogen-bond acceptors (Lipinski definition) is 7. The molecule has 0 aromatic heterocycles. The number of amides is 5. The van der Waals surface area contributed by atoms with Gasteiger partial charge in [0.2, 0.25) is 17.6 Å². The van der Waals surface area contributed by atoms with Crippen molar-refractivity contribution in [2.75, 3.05) is 6.54 Å². The van der Waals surface area contributed by atoms with E-state index in [9.17, 15) is 29.1 Å². The Morgan fingerprint density at radius 3 is 2.02 bits per heavy atom. The molecule has 1 saturated heterocycles. The van der Waals surface area contributed by atoms with Gasteiger partial charge in [0.15, 0.2) is 6.29 Å². The number of hydrogen-bond donors (Lipinski definition) is 5. The Bertz CT molecular complexity index is 1130. The van der Waals surface area contributed by atoms with Crippen LogP contribution in [0.25, 0.3) is 0 Å². The summed E-state index contributed by atoms with van der Waals surface area (Å²) >= 11 is 0. The highest BCUT2D eigenvalue weighted by atomic mass is 16.6. The van der Waals surface area contributed by atoms with Crippen LogP contribution in [0.4, 0.5) is 4.79 Å². The van der Waals surface area contributed by atoms with Gasteiger partial charge in [0.25, 0.3) is 5.91 Å². The number of nitrogens with zero attached hydrogens (tertiary/aromatic N) is 1. The SMILES string of the molecule is CC(C)[C@H]1CCN(C(=O)[C@@H](NC(=O)N[C@H](C(O)OC(C)(C)C)C(C)(C)C)C2(C)CCCC2)[C@@H]1C(=O)NC(CC1CC1)C(=O)C(N)=O. The predicted molar refractivity (Wildman–Crippen MR) is 174 cm³/mol. The maximum atomic E-state index is 14.6. The lowest BCUT2D eigenvalue weighted by Gasteiger charge is -2.40. The molecule has 0 aromatic rings. The number of carbonyl (C=O) groups is 5. The van der Waals surface area contributed by atoms with Crippen molar-refractivity contribution >= 4 is 29.5 Å². The van der Waals surface area contributed by atoms with Gasteiger partial charge >= 0.3 is 6.03 Å². The third-order valence-electron chi connectivity index (χ3n) is 9.94. The molecule has 0 bridgehead atoms. The smallest absolute Gasteiger partial charge is 0.315 e. The molecule has 5 amide bonds. The van der Waals surface area contributed by atoms with E-state index in [1.807, 2.05) is 62.3 Å². The average molecular weight is 650 g/mol. The maximum absolute atomic E-state index is 14.6. The molecular formula is C34H59N5O7. The number of ether oxygens (including phenoxy) is 1. The number of rotatable bonds is 13. The number of likely N-dealkylation sites (tertiary alicyclic amines) is 1. The van der Waals surface area contributed by atoms with Crippen LogP contribution < -0.4 is 21.7 Å². The molecule has 1 aliphatic heterocycles. The number of nitrogens with two attached hydrogens (primary N) is 1. The number of aliphatic hydroxyl groups is 1. The molecule has 2 unspecified atom stereocenters. The van der Waals surface area contributed by atoms with E-state index in [1.54, 1.807) is 4.90 Å². The molecular weight excluding hydrogens is 590 g/mol. The van der Waals surface area contributed by atoms with Gasteiger partial charge in [0.1, 0.15) is 12.1 Å². The first-order valence-corrected chi connectivity index (χ1v) is 17.0. The molecule has 46 heavy (non-hydrogen) atoms. The molecule has 1 heterocycles. The fourth-order valence-electron chi connectivity index (χ4n) is 7.08. The molecule has 2 aliphatic carbocycles. The van der Waals surface area contributed by atoms with Gasteiger partial charge in [-0.25, -0.2) is 4.79 Å². The van der Waals surface area contributed by atoms with Crippen molar-refractivity contribution in [3.05, 3.63) is 0 Å². The first-order valence-electron chi connectivity index (χ1n) is 17.0. The fraction of sp³-hybridized carbons (Fsp3) is 0.853. The Morgan fingerprint density at radius 1 is 0.957 bits per heavy atom. The average Bonchev–Trinajstić information content (AvgIpc) is 3.43. The molecule has 12 nitrogen and oxygen atoms in total. The van der Waals surface area contributed by atoms with Gasteiger partial charge in [-0.15, -0.1) is 0 Å². The number of urea groups is 1. The summed E-state index contributed by atoms with van der Waals surface area (Å²) in [6.45, 7) is 17.4. The zero-order valence-corrected chi connectivity index (χ0v) is 29.4. The molecule has 3 fully saturated rings. The first-order chi connectivity index (χ1) is 21.1. The zero-order valence-electron chi connectivity index (χ0n) is 29.4. The number of nitrogens with one attached hydrogen (secondary N) is 3. The quantitative estimate of drug-likeness (QED) is 0.150. The molecule has 2 saturated carbocycles. The van der Waals surface area contributed by atoms with Crippen molar-refractivity contribution in [3.63, 3.8) is 0 Å². The van der Waals surface area contributed by atoms with Crippen LogP contribution >= 0.6 is 0 Å². The highest BCUT2D eigenvalue weighted by molar-refractivity contribution is 6.37. The lowest BCUT2D eigenvalue weighted by Crippen LogP contribution is -2.63. The van der Waals surface area contributed by atoms with E-state index in [4.69, 9.17) is 10.5 Å². The monoisotopic (exact) mass is 649 g/mol. The summed E-state index contributed by atoms with van der Waals surface area (Å²) in [6.07, 6.45) is 4.71. The Balaban J connectivity index is 1.89. The van der Waals surface area contributed by atoms with E-state index < -0.39 is 70.5 Å². The van der Waals surface area contributed by atoms with Crippen LogP contribution in [0.3, 0.4) is 0 Å². The van der Waals surface area contributed by atoms with Gasteiger partial charge < -0.3 is 36.4 Å². The summed E-state index contributed by atoms with van der Waals surface area (Å²) in [5.74, 6) is -2.67. The number of aliphatic hydroxyl groups excluding tert-OH is 1. The van der Waals surface area contributed by atoms with Crippen molar-refractivity contribution in [1.29, 1.82) is 0 Å². The molecule has 0 radical (unpaired) electrons. The first kappa shape index (κ1) is 37.7. The van der Waals surface area contributed by atoms with Crippen molar-refractivity contribution in [2.45, 2.75) is 150 Å². The molecule has 0 aromatic carbocycles. The van der Waals surface area contributed by atoms with Crippen LogP contribution in [0.1, 0.15) is 114 Å². The Morgan fingerprint density at radius 2 is 1.54 bits per heavy atom. The second-order valence-corrected chi connectivity index (χ2v) is 16.5. The lowest BCUT2D eigenvalue weighted by atomic mass is 9.79. The number of ketones is 1. The Labute approximate surface area is 274 Å². The molecule has 12 heteroatoms. The normalized spacial score (nSPS) is 24.2. The fourth-order valence-corrected chi connectivity index (χ4v) is 7.08. The predicted octanol–water partition coefficient (Wildman–Crippen LogP) is 3.00. The number of carbonyl (C=O) groups excluding carboxylic acids is 5. The third kappa shape index (κ3) is 9.65. The number of Topliss-reactive ketones (excluding diaryl/α,β-unsaturated/α-hetero) is 1. The summed E-state index contributed by atoms with van der Waals surface area (Å²) in [7, 11) is 0. The van der Waals surface area contributed by atoms with Crippen LogP contribution in [0, 0.1) is 28.6 Å². The van der Waals surface area contributed by atoms with Gasteiger partial charge in [0.05, 0.1) is 17.7 Å².